The van der Waals surface area contributed by atoms with Crippen molar-refractivity contribution in [3.63, 3.8) is 0 Å². The van der Waals surface area contributed by atoms with Crippen molar-refractivity contribution in [1.29, 1.82) is 0 Å². The zero-order valence-corrected chi connectivity index (χ0v) is 24.3. The molecule has 234 valence electrons. The smallest absolute Gasteiger partial charge is 0.238 e. The highest BCUT2D eigenvalue weighted by Gasteiger charge is 2.43. The van der Waals surface area contributed by atoms with Crippen LogP contribution in [-0.2, 0) is 0 Å². The van der Waals surface area contributed by atoms with Crippen molar-refractivity contribution in [1.82, 2.24) is 0 Å². The first-order valence-electron chi connectivity index (χ1n) is 14.3. The number of hydrogen-bond acceptors (Lipinski definition) is 11. The van der Waals surface area contributed by atoms with Crippen LogP contribution in [0.5, 0.6) is 34.5 Å². The molecule has 0 saturated carbocycles. The second-order valence-corrected chi connectivity index (χ2v) is 11.5. The number of aliphatic hydroxyl groups is 2. The summed E-state index contributed by atoms with van der Waals surface area (Å²) >= 11 is 0. The van der Waals surface area contributed by atoms with Gasteiger partial charge in [-0.15, -0.1) is 0 Å². The number of phenols is 3. The molecule has 11 heteroatoms. The molecule has 0 bridgehead atoms. The van der Waals surface area contributed by atoms with E-state index in [9.17, 15) is 50.4 Å². The largest absolute Gasteiger partial charge is 0.512 e. The molecule has 8 N–H and O–H groups in total. The summed E-state index contributed by atoms with van der Waals surface area (Å²) in [4.78, 5) is 27.3. The molecule has 2 aliphatic rings. The number of carbonyl (C=O) groups is 1. The van der Waals surface area contributed by atoms with Crippen molar-refractivity contribution < 1.29 is 50.1 Å². The van der Waals surface area contributed by atoms with E-state index in [0.29, 0.717) is 12.0 Å². The number of rotatable bonds is 5. The summed E-state index contributed by atoms with van der Waals surface area (Å²) in [5, 5.41) is 83.1. The van der Waals surface area contributed by atoms with Gasteiger partial charge in [0.2, 0.25) is 11.2 Å². The molecular formula is C35H28O11. The summed E-state index contributed by atoms with van der Waals surface area (Å²) in [6.07, 6.45) is 3.76. The fourth-order valence-corrected chi connectivity index (χ4v) is 6.48. The van der Waals surface area contributed by atoms with E-state index in [2.05, 4.69) is 12.1 Å². The Balaban J connectivity index is 1.55. The Hall–Kier alpha value is -6.02. The third kappa shape index (κ3) is 5.09. The van der Waals surface area contributed by atoms with Crippen LogP contribution < -0.4 is 5.43 Å². The highest BCUT2D eigenvalue weighted by atomic mass is 16.4. The van der Waals surface area contributed by atoms with Gasteiger partial charge in [-0.25, -0.2) is 0 Å². The number of benzene rings is 2. The maximum absolute atomic E-state index is 14.3. The minimum Gasteiger partial charge on any atom is -0.512 e. The molecule has 1 heterocycles. The fourth-order valence-electron chi connectivity index (χ4n) is 6.48. The van der Waals surface area contributed by atoms with E-state index in [1.165, 1.54) is 24.3 Å². The molecule has 0 amide bonds. The van der Waals surface area contributed by atoms with Crippen molar-refractivity contribution in [2.45, 2.75) is 32.1 Å². The molecule has 2 aliphatic carbocycles. The molecule has 0 saturated heterocycles. The summed E-state index contributed by atoms with van der Waals surface area (Å²) < 4.78 is 5.76. The molecule has 1 aromatic heterocycles. The van der Waals surface area contributed by atoms with Gasteiger partial charge in [-0.2, -0.15) is 0 Å². The molecule has 6 rings (SSSR count). The lowest BCUT2D eigenvalue weighted by atomic mass is 9.64. The highest BCUT2D eigenvalue weighted by Crippen LogP contribution is 2.50. The molecular weight excluding hydrogens is 596 g/mol. The highest BCUT2D eigenvalue weighted by molar-refractivity contribution is 6.01. The topological polar surface area (TPSA) is 209 Å². The van der Waals surface area contributed by atoms with Crippen molar-refractivity contribution in [2.75, 3.05) is 0 Å². The maximum atomic E-state index is 14.3. The monoisotopic (exact) mass is 624 g/mol. The maximum Gasteiger partial charge on any atom is 0.238 e. The number of phenolic OH excluding ortho intramolecular Hbond substituents is 3. The van der Waals surface area contributed by atoms with Crippen LogP contribution in [0.4, 0.5) is 0 Å². The van der Waals surface area contributed by atoms with Crippen molar-refractivity contribution in [2.24, 2.45) is 11.8 Å². The van der Waals surface area contributed by atoms with E-state index < -0.39 is 52.0 Å². The average molecular weight is 625 g/mol. The van der Waals surface area contributed by atoms with Crippen molar-refractivity contribution in [3.05, 3.63) is 105 Å². The zero-order chi connectivity index (χ0) is 33.0. The third-order valence-electron chi connectivity index (χ3n) is 8.54. The van der Waals surface area contributed by atoms with Gasteiger partial charge in [0.05, 0.1) is 5.76 Å². The van der Waals surface area contributed by atoms with E-state index in [0.717, 1.165) is 23.8 Å². The number of hydrogen-bond donors (Lipinski definition) is 8. The van der Waals surface area contributed by atoms with Gasteiger partial charge in [0.15, 0.2) is 17.3 Å². The van der Waals surface area contributed by atoms with Crippen LogP contribution in [0, 0.1) is 24.0 Å². The molecule has 0 spiro atoms. The van der Waals surface area contributed by atoms with Gasteiger partial charge in [0.25, 0.3) is 0 Å². The van der Waals surface area contributed by atoms with Crippen molar-refractivity contribution in [3.8, 4) is 45.8 Å². The Morgan fingerprint density at radius 3 is 2.37 bits per heavy atom. The molecule has 46 heavy (non-hydrogen) atoms. The molecule has 3 aromatic carbocycles. The number of carbonyl (C=O) groups excluding carboxylic acids is 1. The number of Topliss-reactive ketones (excluding diaryl/α,β-unsaturated/α-hetero) is 1. The first-order valence-corrected chi connectivity index (χ1v) is 14.3. The van der Waals surface area contributed by atoms with E-state index >= 15 is 0 Å². The van der Waals surface area contributed by atoms with Gasteiger partial charge in [0.1, 0.15) is 45.3 Å². The number of allylic oxidation sites excluding steroid dienone is 5. The quantitative estimate of drug-likeness (QED) is 0.0969. The Labute approximate surface area is 261 Å². The van der Waals surface area contributed by atoms with E-state index in [1.807, 2.05) is 6.92 Å². The summed E-state index contributed by atoms with van der Waals surface area (Å²) in [7, 11) is 0. The standard InChI is InChI=1S/C35H28O11/c1-15-8-23(20-5-3-17(36)11-26(20)40)30(32(43)21-6-4-18(37)12-27(21)41)24(9-15)22-10-16(2-7-25(22)39)35-34(45)33(44)31-28(42)13-19(38)14-29(31)46-35/h2,7,9-14,23-24,30,36-42,45H,3,5,8H2,1H3. The van der Waals surface area contributed by atoms with Crippen LogP contribution in [0.2, 0.25) is 0 Å². The number of ketones is 1. The predicted molar refractivity (Wildman–Crippen MR) is 164 cm³/mol. The Bertz CT molecular complexity index is 2080. The van der Waals surface area contributed by atoms with Crippen LogP contribution in [0.1, 0.15) is 48.0 Å². The van der Waals surface area contributed by atoms with Gasteiger partial charge >= 0.3 is 0 Å². The number of fused-ring (bicyclic) bond motifs is 1. The second-order valence-electron chi connectivity index (χ2n) is 11.5. The molecule has 3 unspecified atom stereocenters. The van der Waals surface area contributed by atoms with Crippen LogP contribution in [0.3, 0.4) is 0 Å². The lowest BCUT2D eigenvalue weighted by Crippen LogP contribution is -2.34. The number of aliphatic hydroxyl groups excluding tert-OH is 2. The zero-order valence-electron chi connectivity index (χ0n) is 24.3. The molecule has 11 nitrogen and oxygen atoms in total. The van der Waals surface area contributed by atoms with Gasteiger partial charge < -0.3 is 45.3 Å². The average Bonchev–Trinajstić information content (AvgIpc) is 2.98. The third-order valence-corrected chi connectivity index (χ3v) is 8.54. The van der Waals surface area contributed by atoms with Gasteiger partial charge in [-0.3, -0.25) is 9.59 Å². The van der Waals surface area contributed by atoms with Crippen LogP contribution in [0.15, 0.2) is 80.4 Å². The van der Waals surface area contributed by atoms with E-state index in [4.69, 9.17) is 4.42 Å². The molecule has 0 radical (unpaired) electrons. The number of aromatic hydroxyl groups is 6. The first kappa shape index (κ1) is 30.0. The van der Waals surface area contributed by atoms with Gasteiger partial charge in [-0.05, 0) is 55.5 Å². The van der Waals surface area contributed by atoms with Gasteiger partial charge in [-0.1, -0.05) is 17.7 Å². The van der Waals surface area contributed by atoms with Gasteiger partial charge in [0, 0.05) is 53.7 Å². The Morgan fingerprint density at radius 1 is 0.891 bits per heavy atom. The van der Waals surface area contributed by atoms with Crippen LogP contribution >= 0.6 is 0 Å². The van der Waals surface area contributed by atoms with E-state index in [1.54, 1.807) is 6.08 Å². The lowest BCUT2D eigenvalue weighted by molar-refractivity contribution is 0.0857. The lowest BCUT2D eigenvalue weighted by Gasteiger charge is -2.38. The summed E-state index contributed by atoms with van der Waals surface area (Å²) in [6, 6.07) is 12.0. The minimum absolute atomic E-state index is 0.0217. The molecule has 4 aromatic rings. The van der Waals surface area contributed by atoms with Crippen LogP contribution in [-0.4, -0.2) is 46.6 Å². The first-order chi connectivity index (χ1) is 21.8. The molecule has 0 aliphatic heterocycles. The predicted octanol–water partition coefficient (Wildman–Crippen LogP) is 5.89. The SMILES string of the molecule is CC1=CC(c2cc(-c3oc4cc(O)cc(O)c4c(=O)c3O)ccc2O)C(C(=O)c2c#cc(O)cc2O)C(C2=C(O)C=C(O)CC2)C1. The molecule has 3 atom stereocenters. The minimum atomic E-state index is -1.07. The molecule has 0 fully saturated rings. The fraction of sp³-hybridized carbons (Fsp3) is 0.200. The second kappa shape index (κ2) is 11.2. The Kier molecular flexibility index (Phi) is 7.28. The van der Waals surface area contributed by atoms with Crippen molar-refractivity contribution >= 4 is 16.8 Å². The Morgan fingerprint density at radius 2 is 1.65 bits per heavy atom. The normalized spacial score (nSPS) is 19.8. The summed E-state index contributed by atoms with van der Waals surface area (Å²) in [6.45, 7) is 1.82. The van der Waals surface area contributed by atoms with E-state index in [-0.39, 0.29) is 69.3 Å². The van der Waals surface area contributed by atoms with Crippen LogP contribution in [0.25, 0.3) is 22.3 Å². The summed E-state index contributed by atoms with van der Waals surface area (Å²) in [5.74, 6) is -6.86. The summed E-state index contributed by atoms with van der Waals surface area (Å²) in [5.41, 5.74) is 0.147.